The molecule has 0 unspecified atom stereocenters. The molecule has 1 heterocycles. The molecule has 4 saturated carbocycles. The predicted molar refractivity (Wildman–Crippen MR) is 118 cm³/mol. The molecule has 2 amide bonds. The van der Waals surface area contributed by atoms with Crippen molar-refractivity contribution < 1.29 is 28.7 Å². The number of hydrogen-bond donors (Lipinski definition) is 1. The first-order valence-corrected chi connectivity index (χ1v) is 12.5. The topological polar surface area (TPSA) is 102 Å². The lowest BCUT2D eigenvalue weighted by atomic mass is 9.49. The summed E-state index contributed by atoms with van der Waals surface area (Å²) in [7, 11) is 1.29. The van der Waals surface area contributed by atoms with Crippen LogP contribution in [0.4, 0.5) is 0 Å². The fraction of sp³-hybridized carbons (Fsp3) is 0.739. The number of thioether (sulfide) groups is 1. The number of esters is 2. The molecule has 5 fully saturated rings. The maximum atomic E-state index is 12.9. The van der Waals surface area contributed by atoms with E-state index in [4.69, 9.17) is 4.74 Å². The van der Waals surface area contributed by atoms with Crippen molar-refractivity contribution in [3.05, 3.63) is 11.1 Å². The average molecular weight is 465 g/mol. The van der Waals surface area contributed by atoms with Crippen LogP contribution in [-0.4, -0.2) is 61.2 Å². The van der Waals surface area contributed by atoms with Crippen LogP contribution >= 0.6 is 11.8 Å². The zero-order chi connectivity index (χ0) is 22.7. The van der Waals surface area contributed by atoms with E-state index in [1.165, 1.54) is 49.1 Å². The van der Waals surface area contributed by atoms with Gasteiger partial charge in [-0.05, 0) is 62.7 Å². The second kappa shape index (κ2) is 9.85. The Hall–Kier alpha value is -2.03. The molecule has 0 aromatic heterocycles. The van der Waals surface area contributed by atoms with E-state index in [1.807, 2.05) is 0 Å². The second-order valence-corrected chi connectivity index (χ2v) is 10.6. The van der Waals surface area contributed by atoms with Crippen LogP contribution in [0.25, 0.3) is 0 Å². The van der Waals surface area contributed by atoms with E-state index < -0.39 is 5.97 Å². The van der Waals surface area contributed by atoms with Gasteiger partial charge in [-0.25, -0.2) is 4.79 Å². The van der Waals surface area contributed by atoms with E-state index in [2.05, 4.69) is 10.1 Å². The van der Waals surface area contributed by atoms with Crippen LogP contribution in [0, 0.1) is 23.2 Å². The third-order valence-corrected chi connectivity index (χ3v) is 8.30. The summed E-state index contributed by atoms with van der Waals surface area (Å²) in [6, 6.07) is 0. The first kappa shape index (κ1) is 23.1. The van der Waals surface area contributed by atoms with Crippen molar-refractivity contribution in [3.8, 4) is 0 Å². The van der Waals surface area contributed by atoms with E-state index in [1.54, 1.807) is 0 Å². The van der Waals surface area contributed by atoms with Gasteiger partial charge in [-0.3, -0.25) is 14.4 Å². The van der Waals surface area contributed by atoms with Gasteiger partial charge < -0.3 is 19.7 Å². The maximum absolute atomic E-state index is 12.9. The first-order chi connectivity index (χ1) is 15.4. The Bertz CT molecular complexity index is 775. The predicted octanol–water partition coefficient (Wildman–Crippen LogP) is 2.23. The van der Waals surface area contributed by atoms with Crippen LogP contribution in [-0.2, 0) is 28.7 Å². The Morgan fingerprint density at radius 2 is 1.81 bits per heavy atom. The van der Waals surface area contributed by atoms with Gasteiger partial charge in [0.15, 0.2) is 0 Å². The molecular formula is C23H32N2O6S. The van der Waals surface area contributed by atoms with Crippen molar-refractivity contribution in [1.29, 1.82) is 0 Å². The largest absolute Gasteiger partial charge is 0.466 e. The van der Waals surface area contributed by atoms with Crippen LogP contribution in [0.1, 0.15) is 51.4 Å². The molecule has 0 aromatic rings. The van der Waals surface area contributed by atoms with E-state index in [0.717, 1.165) is 19.3 Å². The molecule has 1 N–H and O–H groups in total. The highest BCUT2D eigenvalue weighted by molar-refractivity contribution is 8.04. The second-order valence-electron chi connectivity index (χ2n) is 9.62. The van der Waals surface area contributed by atoms with E-state index in [9.17, 15) is 19.2 Å². The number of carbonyl (C=O) groups is 4. The van der Waals surface area contributed by atoms with Crippen molar-refractivity contribution in [3.63, 3.8) is 0 Å². The van der Waals surface area contributed by atoms with E-state index in [-0.39, 0.29) is 42.0 Å². The van der Waals surface area contributed by atoms with Gasteiger partial charge in [-0.15, -0.1) is 0 Å². The number of ether oxygens (including phenoxy) is 2. The standard InChI is InChI=1S/C23H32N2O6S/c1-30-21(28)10-19-25(18(26)14-32-19)5-2-6-31-20(27)3-4-24-22(29)23-11-15-7-16(12-23)9-17(8-15)13-23/h10,15-17H,2-9,11-14H2,1H3,(H,24,29)/b19-10+. The van der Waals surface area contributed by atoms with E-state index in [0.29, 0.717) is 42.3 Å². The van der Waals surface area contributed by atoms with Crippen LogP contribution in [0.5, 0.6) is 0 Å². The molecular weight excluding hydrogens is 432 g/mol. The summed E-state index contributed by atoms with van der Waals surface area (Å²) < 4.78 is 9.87. The smallest absolute Gasteiger partial charge is 0.333 e. The minimum Gasteiger partial charge on any atom is -0.466 e. The fourth-order valence-electron chi connectivity index (χ4n) is 6.26. The number of rotatable bonds is 9. The van der Waals surface area contributed by atoms with Gasteiger partial charge >= 0.3 is 11.9 Å². The summed E-state index contributed by atoms with van der Waals surface area (Å²) in [5, 5.41) is 3.55. The maximum Gasteiger partial charge on any atom is 0.333 e. The van der Waals surface area contributed by atoms with Gasteiger partial charge in [-0.2, -0.15) is 0 Å². The zero-order valence-electron chi connectivity index (χ0n) is 18.6. The number of carbonyl (C=O) groups excluding carboxylic acids is 4. The molecule has 4 bridgehead atoms. The molecule has 5 aliphatic rings. The van der Waals surface area contributed by atoms with Crippen molar-refractivity contribution in [1.82, 2.24) is 10.2 Å². The Morgan fingerprint density at radius 1 is 1.16 bits per heavy atom. The Morgan fingerprint density at radius 3 is 2.44 bits per heavy atom. The SMILES string of the molecule is COC(=O)/C=C1/SCC(=O)N1CCCOC(=O)CCNC(=O)C12CC3CC(CC(C3)C1)C2. The highest BCUT2D eigenvalue weighted by Gasteiger charge is 2.54. The quantitative estimate of drug-likeness (QED) is 0.317. The highest BCUT2D eigenvalue weighted by atomic mass is 32.2. The van der Waals surface area contributed by atoms with Crippen molar-refractivity contribution >= 4 is 35.5 Å². The molecule has 32 heavy (non-hydrogen) atoms. The summed E-state index contributed by atoms with van der Waals surface area (Å²) in [4.78, 5) is 49.9. The Kier molecular flexibility index (Phi) is 7.12. The Balaban J connectivity index is 1.13. The van der Waals surface area contributed by atoms with Gasteiger partial charge in [-0.1, -0.05) is 11.8 Å². The zero-order valence-corrected chi connectivity index (χ0v) is 19.4. The van der Waals surface area contributed by atoms with Crippen LogP contribution in [0.2, 0.25) is 0 Å². The number of hydrogen-bond acceptors (Lipinski definition) is 7. The molecule has 8 nitrogen and oxygen atoms in total. The van der Waals surface area contributed by atoms with Crippen LogP contribution < -0.4 is 5.32 Å². The number of methoxy groups -OCH3 is 1. The van der Waals surface area contributed by atoms with Crippen LogP contribution in [0.3, 0.4) is 0 Å². The summed E-state index contributed by atoms with van der Waals surface area (Å²) >= 11 is 1.29. The summed E-state index contributed by atoms with van der Waals surface area (Å²) in [6.45, 7) is 0.846. The molecule has 0 atom stereocenters. The lowest BCUT2D eigenvalue weighted by Crippen LogP contribution is -2.53. The van der Waals surface area contributed by atoms with Crippen molar-refractivity contribution in [2.24, 2.45) is 23.2 Å². The minimum atomic E-state index is -0.505. The van der Waals surface area contributed by atoms with Crippen molar-refractivity contribution in [2.75, 3.05) is 32.6 Å². The monoisotopic (exact) mass is 464 g/mol. The highest BCUT2D eigenvalue weighted by Crippen LogP contribution is 2.60. The lowest BCUT2D eigenvalue weighted by Gasteiger charge is -2.55. The molecule has 5 rings (SSSR count). The fourth-order valence-corrected chi connectivity index (χ4v) is 7.22. The van der Waals surface area contributed by atoms with Gasteiger partial charge in [0, 0.05) is 18.5 Å². The molecule has 176 valence electrons. The molecule has 9 heteroatoms. The molecule has 4 aliphatic carbocycles. The van der Waals surface area contributed by atoms with Gasteiger partial charge in [0.25, 0.3) is 0 Å². The number of nitrogens with one attached hydrogen (secondary N) is 1. The minimum absolute atomic E-state index is 0.0798. The molecule has 0 radical (unpaired) electrons. The average Bonchev–Trinajstić information content (AvgIpc) is 3.09. The first-order valence-electron chi connectivity index (χ1n) is 11.6. The summed E-state index contributed by atoms with van der Waals surface area (Å²) in [5.74, 6) is 1.59. The van der Waals surface area contributed by atoms with Gasteiger partial charge in [0.1, 0.15) is 0 Å². The molecule has 0 aromatic carbocycles. The normalized spacial score (nSPS) is 31.8. The van der Waals surface area contributed by atoms with Gasteiger partial charge in [0.2, 0.25) is 11.8 Å². The molecule has 0 spiro atoms. The number of amides is 2. The summed E-state index contributed by atoms with van der Waals surface area (Å²) in [6.07, 6.45) is 8.82. The van der Waals surface area contributed by atoms with E-state index >= 15 is 0 Å². The third-order valence-electron chi connectivity index (χ3n) is 7.28. The van der Waals surface area contributed by atoms with Crippen molar-refractivity contribution in [2.45, 2.75) is 51.4 Å². The summed E-state index contributed by atoms with van der Waals surface area (Å²) in [5.41, 5.74) is -0.200. The van der Waals surface area contributed by atoms with Gasteiger partial charge in [0.05, 0.1) is 37.0 Å². The molecule has 1 aliphatic heterocycles. The third kappa shape index (κ3) is 5.13. The Labute approximate surface area is 192 Å². The molecule has 1 saturated heterocycles. The lowest BCUT2D eigenvalue weighted by molar-refractivity contribution is -0.147. The number of nitrogens with zero attached hydrogens (tertiary/aromatic N) is 1. The van der Waals surface area contributed by atoms with Crippen LogP contribution in [0.15, 0.2) is 11.1 Å².